The van der Waals surface area contributed by atoms with Crippen molar-refractivity contribution in [2.45, 2.75) is 13.5 Å². The van der Waals surface area contributed by atoms with Crippen LogP contribution in [0.5, 0.6) is 11.5 Å². The number of halogens is 3. The Kier molecular flexibility index (Phi) is 8.39. The molecule has 3 aromatic carbocycles. The molecule has 2 N–H and O–H groups in total. The first-order valence-corrected chi connectivity index (χ1v) is 11.0. The summed E-state index contributed by atoms with van der Waals surface area (Å²) in [4.78, 5) is 12.1. The van der Waals surface area contributed by atoms with Crippen LogP contribution in [0, 0.1) is 6.92 Å². The largest absolute Gasteiger partial charge is 0.493 e. The number of urea groups is 1. The van der Waals surface area contributed by atoms with Crippen molar-refractivity contribution in [2.75, 3.05) is 12.4 Å². The fraction of sp³-hybridized carbons (Fsp3) is 0.130. The molecule has 0 aromatic heterocycles. The molecular weight excluding hydrogens is 517 g/mol. The number of amides is 2. The quantitative estimate of drug-likeness (QED) is 0.257. The van der Waals surface area contributed by atoms with Crippen LogP contribution in [-0.4, -0.2) is 19.4 Å². The molecule has 0 atom stereocenters. The molecule has 6 nitrogen and oxygen atoms in total. The van der Waals surface area contributed by atoms with Crippen molar-refractivity contribution in [3.05, 3.63) is 85.8 Å². The van der Waals surface area contributed by atoms with E-state index in [0.717, 1.165) is 11.1 Å². The highest BCUT2D eigenvalue weighted by Crippen LogP contribution is 2.37. The monoisotopic (exact) mass is 535 g/mol. The van der Waals surface area contributed by atoms with Crippen molar-refractivity contribution in [3.8, 4) is 11.5 Å². The summed E-state index contributed by atoms with van der Waals surface area (Å²) in [5, 5.41) is 7.81. The second-order valence-corrected chi connectivity index (χ2v) is 8.40. The number of hydrogen-bond donors (Lipinski definition) is 2. The zero-order valence-electron chi connectivity index (χ0n) is 17.3. The Labute approximate surface area is 204 Å². The summed E-state index contributed by atoms with van der Waals surface area (Å²) < 4.78 is 12.0. The predicted octanol–water partition coefficient (Wildman–Crippen LogP) is 6.81. The molecule has 0 spiro atoms. The lowest BCUT2D eigenvalue weighted by atomic mass is 10.2. The molecule has 0 unspecified atom stereocenters. The molecule has 0 fully saturated rings. The third-order valence-corrected chi connectivity index (χ3v) is 5.59. The summed E-state index contributed by atoms with van der Waals surface area (Å²) in [6, 6.07) is 15.8. The SMILES string of the molecule is COc1cc(C=NNC(=O)Nc2ccccc2C)cc(Br)c1OCc1ccc(Cl)cc1Cl. The fourth-order valence-corrected chi connectivity index (χ4v) is 3.81. The van der Waals surface area contributed by atoms with E-state index in [1.807, 2.05) is 31.2 Å². The molecule has 0 bridgehead atoms. The number of aryl methyl sites for hydroxylation is 1. The summed E-state index contributed by atoms with van der Waals surface area (Å²) in [6.45, 7) is 2.15. The van der Waals surface area contributed by atoms with Crippen LogP contribution in [0.2, 0.25) is 10.0 Å². The highest BCUT2D eigenvalue weighted by atomic mass is 79.9. The highest BCUT2D eigenvalue weighted by Gasteiger charge is 2.13. The van der Waals surface area contributed by atoms with Gasteiger partial charge in [-0.15, -0.1) is 0 Å². The third-order valence-electron chi connectivity index (χ3n) is 4.41. The van der Waals surface area contributed by atoms with E-state index in [4.69, 9.17) is 32.7 Å². The zero-order valence-corrected chi connectivity index (χ0v) is 20.4. The second kappa shape index (κ2) is 11.2. The molecule has 0 aliphatic rings. The normalized spacial score (nSPS) is 10.8. The van der Waals surface area contributed by atoms with Crippen LogP contribution < -0.4 is 20.2 Å². The van der Waals surface area contributed by atoms with Gasteiger partial charge in [0.15, 0.2) is 11.5 Å². The van der Waals surface area contributed by atoms with E-state index >= 15 is 0 Å². The molecule has 2 amide bonds. The van der Waals surface area contributed by atoms with Gasteiger partial charge < -0.3 is 14.8 Å². The molecule has 0 saturated carbocycles. The Bertz CT molecular complexity index is 1160. The van der Waals surface area contributed by atoms with Gasteiger partial charge in [-0.3, -0.25) is 0 Å². The molecule has 0 aliphatic carbocycles. The number of methoxy groups -OCH3 is 1. The number of ether oxygens (including phenoxy) is 2. The van der Waals surface area contributed by atoms with Gasteiger partial charge >= 0.3 is 6.03 Å². The number of para-hydroxylation sites is 1. The first kappa shape index (κ1) is 23.9. The first-order chi connectivity index (χ1) is 15.4. The van der Waals surface area contributed by atoms with Gasteiger partial charge in [0.1, 0.15) is 6.61 Å². The minimum Gasteiger partial charge on any atom is -0.493 e. The molecule has 32 heavy (non-hydrogen) atoms. The van der Waals surface area contributed by atoms with Gasteiger partial charge in [-0.2, -0.15) is 5.10 Å². The van der Waals surface area contributed by atoms with Crippen molar-refractivity contribution < 1.29 is 14.3 Å². The van der Waals surface area contributed by atoms with E-state index in [1.54, 1.807) is 37.4 Å². The van der Waals surface area contributed by atoms with Gasteiger partial charge in [-0.05, 0) is 64.3 Å². The maximum absolute atomic E-state index is 12.1. The Balaban J connectivity index is 1.66. The van der Waals surface area contributed by atoms with E-state index < -0.39 is 6.03 Å². The molecule has 3 rings (SSSR count). The first-order valence-electron chi connectivity index (χ1n) is 9.47. The van der Waals surface area contributed by atoms with Gasteiger partial charge in [-0.25, -0.2) is 10.2 Å². The molecule has 0 aliphatic heterocycles. The van der Waals surface area contributed by atoms with Crippen LogP contribution in [-0.2, 0) is 6.61 Å². The summed E-state index contributed by atoms with van der Waals surface area (Å²) in [5.74, 6) is 1.01. The van der Waals surface area contributed by atoms with Gasteiger partial charge in [0.25, 0.3) is 0 Å². The average Bonchev–Trinajstić information content (AvgIpc) is 2.75. The van der Waals surface area contributed by atoms with Gasteiger partial charge in [-0.1, -0.05) is 47.5 Å². The van der Waals surface area contributed by atoms with Crippen molar-refractivity contribution >= 4 is 57.1 Å². The lowest BCUT2D eigenvalue weighted by Gasteiger charge is -2.14. The van der Waals surface area contributed by atoms with E-state index in [-0.39, 0.29) is 6.61 Å². The summed E-state index contributed by atoms with van der Waals surface area (Å²) in [6.07, 6.45) is 1.50. The molecule has 0 heterocycles. The average molecular weight is 537 g/mol. The number of nitrogens with zero attached hydrogens (tertiary/aromatic N) is 1. The van der Waals surface area contributed by atoms with Crippen LogP contribution in [0.15, 0.2) is 64.2 Å². The van der Waals surface area contributed by atoms with E-state index in [1.165, 1.54) is 6.21 Å². The van der Waals surface area contributed by atoms with E-state index in [2.05, 4.69) is 31.8 Å². The zero-order chi connectivity index (χ0) is 23.1. The number of hydrazone groups is 1. The van der Waals surface area contributed by atoms with Gasteiger partial charge in [0, 0.05) is 21.3 Å². The predicted molar refractivity (Wildman–Crippen MR) is 132 cm³/mol. The minimum absolute atomic E-state index is 0.235. The minimum atomic E-state index is -0.443. The van der Waals surface area contributed by atoms with Gasteiger partial charge in [0.05, 0.1) is 17.8 Å². The number of benzene rings is 3. The van der Waals surface area contributed by atoms with Gasteiger partial charge in [0.2, 0.25) is 0 Å². The summed E-state index contributed by atoms with van der Waals surface area (Å²) in [5.41, 5.74) is 5.60. The van der Waals surface area contributed by atoms with E-state index in [9.17, 15) is 4.79 Å². The molecular formula is C23H20BrCl2N3O3. The maximum Gasteiger partial charge on any atom is 0.339 e. The smallest absolute Gasteiger partial charge is 0.339 e. The standard InChI is InChI=1S/C23H20BrCl2N3O3/c1-14-5-3-4-6-20(14)28-23(30)29-27-12-15-9-18(24)22(21(10-15)31-2)32-13-16-7-8-17(25)11-19(16)26/h3-12H,13H2,1-2H3,(H2,28,29,30). The van der Waals surface area contributed by atoms with Crippen molar-refractivity contribution in [3.63, 3.8) is 0 Å². The molecule has 0 saturated heterocycles. The van der Waals surface area contributed by atoms with Crippen LogP contribution in [0.1, 0.15) is 16.7 Å². The number of rotatable bonds is 7. The van der Waals surface area contributed by atoms with Crippen LogP contribution in [0.25, 0.3) is 0 Å². The maximum atomic E-state index is 12.1. The Morgan fingerprint density at radius 2 is 1.94 bits per heavy atom. The Morgan fingerprint density at radius 3 is 2.66 bits per heavy atom. The van der Waals surface area contributed by atoms with Crippen molar-refractivity contribution in [2.24, 2.45) is 5.10 Å². The topological polar surface area (TPSA) is 72.0 Å². The summed E-state index contributed by atoms with van der Waals surface area (Å²) >= 11 is 15.6. The number of carbonyl (C=O) groups excluding carboxylic acids is 1. The molecule has 9 heteroatoms. The number of nitrogens with one attached hydrogen (secondary N) is 2. The number of anilines is 1. The summed E-state index contributed by atoms with van der Waals surface area (Å²) in [7, 11) is 1.54. The van der Waals surface area contributed by atoms with E-state index in [0.29, 0.717) is 37.3 Å². The molecule has 3 aromatic rings. The molecule has 166 valence electrons. The Hall–Kier alpha value is -2.74. The Morgan fingerprint density at radius 1 is 1.16 bits per heavy atom. The third kappa shape index (κ3) is 6.38. The lowest BCUT2D eigenvalue weighted by molar-refractivity contribution is 0.252. The highest BCUT2D eigenvalue weighted by molar-refractivity contribution is 9.10. The van der Waals surface area contributed by atoms with Crippen LogP contribution >= 0.6 is 39.1 Å². The number of hydrogen-bond acceptors (Lipinski definition) is 4. The van der Waals surface area contributed by atoms with Crippen molar-refractivity contribution in [1.29, 1.82) is 0 Å². The fourth-order valence-electron chi connectivity index (χ4n) is 2.77. The number of carbonyl (C=O) groups is 1. The molecule has 0 radical (unpaired) electrons. The lowest BCUT2D eigenvalue weighted by Crippen LogP contribution is -2.24. The van der Waals surface area contributed by atoms with Crippen LogP contribution in [0.3, 0.4) is 0 Å². The second-order valence-electron chi connectivity index (χ2n) is 6.70. The van der Waals surface area contributed by atoms with Crippen LogP contribution in [0.4, 0.5) is 10.5 Å². The van der Waals surface area contributed by atoms with Crippen molar-refractivity contribution in [1.82, 2.24) is 5.43 Å².